The summed E-state index contributed by atoms with van der Waals surface area (Å²) in [6.07, 6.45) is 0.736. The molecular formula is C19H24FN3O. The standard InChI is InChI=1S/C19H24FN3O/c1-14-11-16(7-8-18(14)24-3)13-23-19(21-2)22-10-9-15-5-4-6-17(20)12-15/h4-8,11-12H,9-10,13H2,1-3H3,(H2,21,22,23). The maximum atomic E-state index is 13.1. The molecule has 5 heteroatoms. The molecule has 0 saturated carbocycles. The van der Waals surface area contributed by atoms with E-state index in [1.807, 2.05) is 25.1 Å². The van der Waals surface area contributed by atoms with Gasteiger partial charge in [0, 0.05) is 20.1 Å². The van der Waals surface area contributed by atoms with Gasteiger partial charge in [0.25, 0.3) is 0 Å². The smallest absolute Gasteiger partial charge is 0.191 e. The van der Waals surface area contributed by atoms with Gasteiger partial charge in [-0.1, -0.05) is 24.3 Å². The van der Waals surface area contributed by atoms with Crippen molar-refractivity contribution in [1.29, 1.82) is 0 Å². The van der Waals surface area contributed by atoms with Crippen molar-refractivity contribution in [3.8, 4) is 5.75 Å². The van der Waals surface area contributed by atoms with Gasteiger partial charge in [-0.2, -0.15) is 0 Å². The Morgan fingerprint density at radius 1 is 1.12 bits per heavy atom. The molecule has 2 aromatic rings. The molecule has 128 valence electrons. The number of hydrogen-bond donors (Lipinski definition) is 2. The maximum Gasteiger partial charge on any atom is 0.191 e. The molecule has 2 N–H and O–H groups in total. The summed E-state index contributed by atoms with van der Waals surface area (Å²) in [7, 11) is 3.40. The number of rotatable bonds is 6. The molecule has 4 nitrogen and oxygen atoms in total. The Morgan fingerprint density at radius 2 is 1.96 bits per heavy atom. The van der Waals surface area contributed by atoms with Gasteiger partial charge in [-0.25, -0.2) is 4.39 Å². The van der Waals surface area contributed by atoms with Crippen molar-refractivity contribution in [3.63, 3.8) is 0 Å². The number of benzene rings is 2. The lowest BCUT2D eigenvalue weighted by Gasteiger charge is -2.13. The van der Waals surface area contributed by atoms with Crippen molar-refractivity contribution in [3.05, 3.63) is 65.0 Å². The van der Waals surface area contributed by atoms with E-state index in [9.17, 15) is 4.39 Å². The molecule has 0 saturated heterocycles. The van der Waals surface area contributed by atoms with Crippen LogP contribution < -0.4 is 15.4 Å². The summed E-state index contributed by atoms with van der Waals surface area (Å²) in [5.74, 6) is 1.40. The van der Waals surface area contributed by atoms with E-state index in [0.717, 1.165) is 34.8 Å². The zero-order valence-electron chi connectivity index (χ0n) is 14.4. The number of nitrogens with zero attached hydrogens (tertiary/aromatic N) is 1. The Kier molecular flexibility index (Phi) is 6.61. The summed E-state index contributed by atoms with van der Waals surface area (Å²) in [6, 6.07) is 12.7. The number of halogens is 1. The molecule has 0 unspecified atom stereocenters. The average molecular weight is 329 g/mol. The predicted octanol–water partition coefficient (Wildman–Crippen LogP) is 3.05. The van der Waals surface area contributed by atoms with Crippen LogP contribution in [0.5, 0.6) is 5.75 Å². The van der Waals surface area contributed by atoms with E-state index in [1.54, 1.807) is 26.3 Å². The minimum absolute atomic E-state index is 0.204. The van der Waals surface area contributed by atoms with Crippen LogP contribution in [0.3, 0.4) is 0 Å². The van der Waals surface area contributed by atoms with Crippen molar-refractivity contribution < 1.29 is 9.13 Å². The molecular weight excluding hydrogens is 305 g/mol. The number of ether oxygens (including phenoxy) is 1. The van der Waals surface area contributed by atoms with Gasteiger partial charge >= 0.3 is 0 Å². The second-order valence-electron chi connectivity index (χ2n) is 5.54. The lowest BCUT2D eigenvalue weighted by atomic mass is 10.1. The van der Waals surface area contributed by atoms with Gasteiger partial charge in [0.1, 0.15) is 11.6 Å². The summed E-state index contributed by atoms with van der Waals surface area (Å²) >= 11 is 0. The molecule has 2 aromatic carbocycles. The highest BCUT2D eigenvalue weighted by atomic mass is 19.1. The minimum atomic E-state index is -0.204. The van der Waals surface area contributed by atoms with Gasteiger partial charge in [0.15, 0.2) is 5.96 Å². The molecule has 0 aliphatic carbocycles. The fraction of sp³-hybridized carbons (Fsp3) is 0.316. The fourth-order valence-corrected chi connectivity index (χ4v) is 2.47. The largest absolute Gasteiger partial charge is 0.496 e. The van der Waals surface area contributed by atoms with E-state index in [0.29, 0.717) is 13.1 Å². The van der Waals surface area contributed by atoms with Crippen LogP contribution >= 0.6 is 0 Å². The first kappa shape index (κ1) is 17.8. The SMILES string of the molecule is CN=C(NCCc1cccc(F)c1)NCc1ccc(OC)c(C)c1. The second-order valence-corrected chi connectivity index (χ2v) is 5.54. The quantitative estimate of drug-likeness (QED) is 0.632. The molecule has 0 atom stereocenters. The molecule has 24 heavy (non-hydrogen) atoms. The fourth-order valence-electron chi connectivity index (χ4n) is 2.47. The van der Waals surface area contributed by atoms with Crippen LogP contribution in [-0.2, 0) is 13.0 Å². The normalized spacial score (nSPS) is 11.2. The topological polar surface area (TPSA) is 45.7 Å². The van der Waals surface area contributed by atoms with Crippen LogP contribution in [0.2, 0.25) is 0 Å². The first-order valence-corrected chi connectivity index (χ1v) is 7.95. The first-order chi connectivity index (χ1) is 11.6. The summed E-state index contributed by atoms with van der Waals surface area (Å²) in [6.45, 7) is 3.38. The van der Waals surface area contributed by atoms with E-state index in [-0.39, 0.29) is 5.82 Å². The molecule has 0 aliphatic heterocycles. The van der Waals surface area contributed by atoms with E-state index in [4.69, 9.17) is 4.74 Å². The highest BCUT2D eigenvalue weighted by Gasteiger charge is 2.02. The van der Waals surface area contributed by atoms with Gasteiger partial charge in [-0.15, -0.1) is 0 Å². The van der Waals surface area contributed by atoms with E-state index < -0.39 is 0 Å². The first-order valence-electron chi connectivity index (χ1n) is 7.95. The summed E-state index contributed by atoms with van der Waals surface area (Å²) in [5.41, 5.74) is 3.22. The average Bonchev–Trinajstić information content (AvgIpc) is 2.58. The number of nitrogens with one attached hydrogen (secondary N) is 2. The van der Waals surface area contributed by atoms with Gasteiger partial charge in [0.2, 0.25) is 0 Å². The van der Waals surface area contributed by atoms with Crippen LogP contribution in [0.25, 0.3) is 0 Å². The van der Waals surface area contributed by atoms with Crippen LogP contribution in [0.4, 0.5) is 4.39 Å². The van der Waals surface area contributed by atoms with E-state index >= 15 is 0 Å². The van der Waals surface area contributed by atoms with Crippen molar-refractivity contribution in [2.45, 2.75) is 19.9 Å². The van der Waals surface area contributed by atoms with Gasteiger partial charge in [0.05, 0.1) is 7.11 Å². The summed E-state index contributed by atoms with van der Waals surface area (Å²) in [5, 5.41) is 6.51. The highest BCUT2D eigenvalue weighted by Crippen LogP contribution is 2.18. The molecule has 0 heterocycles. The van der Waals surface area contributed by atoms with Gasteiger partial charge < -0.3 is 15.4 Å². The summed E-state index contributed by atoms with van der Waals surface area (Å²) in [4.78, 5) is 4.20. The molecule has 0 radical (unpaired) electrons. The van der Waals surface area contributed by atoms with Crippen LogP contribution in [0.1, 0.15) is 16.7 Å². The highest BCUT2D eigenvalue weighted by molar-refractivity contribution is 5.79. The second kappa shape index (κ2) is 8.91. The lowest BCUT2D eigenvalue weighted by molar-refractivity contribution is 0.411. The van der Waals surface area contributed by atoms with Gasteiger partial charge in [-0.05, 0) is 48.2 Å². The molecule has 0 fully saturated rings. The Bertz CT molecular complexity index is 701. The van der Waals surface area contributed by atoms with Crippen LogP contribution in [-0.4, -0.2) is 26.7 Å². The number of hydrogen-bond acceptors (Lipinski definition) is 2. The predicted molar refractivity (Wildman–Crippen MR) is 96.0 cm³/mol. The zero-order valence-corrected chi connectivity index (χ0v) is 14.4. The molecule has 0 bridgehead atoms. The van der Waals surface area contributed by atoms with E-state index in [2.05, 4.69) is 21.7 Å². The van der Waals surface area contributed by atoms with E-state index in [1.165, 1.54) is 6.07 Å². The van der Waals surface area contributed by atoms with Crippen molar-refractivity contribution in [2.75, 3.05) is 20.7 Å². The Labute approximate surface area is 142 Å². The number of aryl methyl sites for hydroxylation is 1. The minimum Gasteiger partial charge on any atom is -0.496 e. The Balaban J connectivity index is 1.81. The molecule has 0 aromatic heterocycles. The Hall–Kier alpha value is -2.56. The molecule has 0 aliphatic rings. The monoisotopic (exact) mass is 329 g/mol. The molecule has 0 spiro atoms. The van der Waals surface area contributed by atoms with Crippen molar-refractivity contribution in [2.24, 2.45) is 4.99 Å². The van der Waals surface area contributed by atoms with Crippen molar-refractivity contribution >= 4 is 5.96 Å². The maximum absolute atomic E-state index is 13.1. The molecule has 2 rings (SSSR count). The third-order valence-corrected chi connectivity index (χ3v) is 3.74. The third-order valence-electron chi connectivity index (χ3n) is 3.74. The van der Waals surface area contributed by atoms with Crippen LogP contribution in [0, 0.1) is 12.7 Å². The van der Waals surface area contributed by atoms with Crippen LogP contribution in [0.15, 0.2) is 47.5 Å². The number of guanidine groups is 1. The number of methoxy groups -OCH3 is 1. The van der Waals surface area contributed by atoms with Crippen molar-refractivity contribution in [1.82, 2.24) is 10.6 Å². The lowest BCUT2D eigenvalue weighted by Crippen LogP contribution is -2.37. The Morgan fingerprint density at radius 3 is 2.62 bits per heavy atom. The third kappa shape index (κ3) is 5.26. The summed E-state index contributed by atoms with van der Waals surface area (Å²) < 4.78 is 18.4. The number of aliphatic imine (C=N–C) groups is 1. The van der Waals surface area contributed by atoms with Gasteiger partial charge in [-0.3, -0.25) is 4.99 Å². The zero-order chi connectivity index (χ0) is 17.4. The molecule has 0 amide bonds.